The second kappa shape index (κ2) is 8.31. The summed E-state index contributed by atoms with van der Waals surface area (Å²) in [7, 11) is 0. The molecule has 0 bridgehead atoms. The Balaban J connectivity index is 1.42. The fourth-order valence-corrected chi connectivity index (χ4v) is 6.22. The van der Waals surface area contributed by atoms with Crippen LogP contribution in [0.3, 0.4) is 0 Å². The van der Waals surface area contributed by atoms with Crippen LogP contribution in [-0.4, -0.2) is 21.1 Å². The second-order valence-corrected chi connectivity index (χ2v) is 10.2. The van der Waals surface area contributed by atoms with Gasteiger partial charge in [-0.2, -0.15) is 11.3 Å². The maximum Gasteiger partial charge on any atom is 0.293 e. The van der Waals surface area contributed by atoms with Crippen molar-refractivity contribution in [1.29, 1.82) is 0 Å². The summed E-state index contributed by atoms with van der Waals surface area (Å²) in [5, 5.41) is 19.3. The minimum atomic E-state index is -0.329. The van der Waals surface area contributed by atoms with Crippen LogP contribution in [0, 0.1) is 6.92 Å². The molecular formula is C20H14N4O2S4. The van der Waals surface area contributed by atoms with E-state index in [1.54, 1.807) is 34.4 Å². The number of amides is 1. The molecule has 0 atom stereocenters. The third-order valence-electron chi connectivity index (χ3n) is 4.26. The maximum atomic E-state index is 13.0. The second-order valence-electron chi connectivity index (χ2n) is 6.33. The van der Waals surface area contributed by atoms with Crippen molar-refractivity contribution in [3.05, 3.63) is 63.5 Å². The number of carbonyl (C=O) groups is 1. The van der Waals surface area contributed by atoms with Crippen LogP contribution in [0.5, 0.6) is 0 Å². The standard InChI is InChI=1S/C20H14N4O2S4/c1-11-8-28-20(21-11)29-10-14-13-4-2-3-5-15(13)26-16(14)17(25)22-19-24-23-18(30-19)12-6-7-27-9-12/h2-9H,10H2,1H3,(H,22,24,25). The number of nitrogens with one attached hydrogen (secondary N) is 1. The van der Waals surface area contributed by atoms with Gasteiger partial charge >= 0.3 is 0 Å². The summed E-state index contributed by atoms with van der Waals surface area (Å²) in [6.45, 7) is 1.97. The predicted molar refractivity (Wildman–Crippen MR) is 124 cm³/mol. The smallest absolute Gasteiger partial charge is 0.293 e. The minimum Gasteiger partial charge on any atom is -0.451 e. The van der Waals surface area contributed by atoms with Gasteiger partial charge in [0.15, 0.2) is 5.76 Å². The average molecular weight is 471 g/mol. The number of benzene rings is 1. The van der Waals surface area contributed by atoms with E-state index in [-0.39, 0.29) is 5.91 Å². The lowest BCUT2D eigenvalue weighted by atomic mass is 10.1. The molecule has 0 aliphatic rings. The van der Waals surface area contributed by atoms with Crippen LogP contribution in [0.1, 0.15) is 21.8 Å². The van der Waals surface area contributed by atoms with E-state index in [0.717, 1.165) is 31.6 Å². The molecule has 1 N–H and O–H groups in total. The maximum absolute atomic E-state index is 13.0. The molecule has 30 heavy (non-hydrogen) atoms. The third-order valence-corrected chi connectivity index (χ3v) is 7.99. The predicted octanol–water partition coefficient (Wildman–Crippen LogP) is 6.32. The van der Waals surface area contributed by atoms with Crippen LogP contribution in [0.25, 0.3) is 21.5 Å². The number of thiophene rings is 1. The number of hydrogen-bond acceptors (Lipinski definition) is 9. The van der Waals surface area contributed by atoms with Gasteiger partial charge in [0.1, 0.15) is 14.9 Å². The molecule has 4 aromatic heterocycles. The number of carbonyl (C=O) groups excluding carboxylic acids is 1. The summed E-state index contributed by atoms with van der Waals surface area (Å²) in [4.78, 5) is 17.5. The van der Waals surface area contributed by atoms with Gasteiger partial charge in [-0.1, -0.05) is 41.3 Å². The van der Waals surface area contributed by atoms with Gasteiger partial charge in [0.05, 0.1) is 0 Å². The highest BCUT2D eigenvalue weighted by Gasteiger charge is 2.22. The number of para-hydroxylation sites is 1. The van der Waals surface area contributed by atoms with Crippen LogP contribution in [0.2, 0.25) is 0 Å². The number of aryl methyl sites for hydroxylation is 1. The molecule has 6 nitrogen and oxygen atoms in total. The first kappa shape index (κ1) is 19.4. The molecule has 0 radical (unpaired) electrons. The summed E-state index contributed by atoms with van der Waals surface area (Å²) in [6.07, 6.45) is 0. The first-order chi connectivity index (χ1) is 14.7. The van der Waals surface area contributed by atoms with Crippen LogP contribution in [0.15, 0.2) is 55.2 Å². The molecule has 1 amide bonds. The molecule has 0 spiro atoms. The first-order valence-corrected chi connectivity index (χ1v) is 12.5. The monoisotopic (exact) mass is 470 g/mol. The van der Waals surface area contributed by atoms with Crippen LogP contribution in [0.4, 0.5) is 5.13 Å². The summed E-state index contributed by atoms with van der Waals surface area (Å²) in [6, 6.07) is 9.66. The molecule has 150 valence electrons. The Morgan fingerprint density at radius 2 is 2.10 bits per heavy atom. The Hall–Kier alpha value is -2.53. The van der Waals surface area contributed by atoms with Crippen LogP contribution >= 0.6 is 45.8 Å². The molecule has 4 heterocycles. The summed E-state index contributed by atoms with van der Waals surface area (Å²) in [5.74, 6) is 0.553. The molecule has 5 rings (SSSR count). The lowest BCUT2D eigenvalue weighted by Gasteiger charge is -2.02. The van der Waals surface area contributed by atoms with Crippen LogP contribution < -0.4 is 5.32 Å². The number of anilines is 1. The Morgan fingerprint density at radius 1 is 1.20 bits per heavy atom. The van der Waals surface area contributed by atoms with E-state index >= 15 is 0 Å². The number of aromatic nitrogens is 3. The van der Waals surface area contributed by atoms with Crippen molar-refractivity contribution in [3.63, 3.8) is 0 Å². The van der Waals surface area contributed by atoms with Gasteiger partial charge in [0, 0.05) is 38.7 Å². The largest absolute Gasteiger partial charge is 0.451 e. The number of furan rings is 1. The van der Waals surface area contributed by atoms with E-state index in [0.29, 0.717) is 22.2 Å². The average Bonchev–Trinajstić information content (AvgIpc) is 3.53. The molecule has 0 aliphatic heterocycles. The summed E-state index contributed by atoms with van der Waals surface area (Å²) < 4.78 is 6.89. The minimum absolute atomic E-state index is 0.296. The van der Waals surface area contributed by atoms with E-state index in [9.17, 15) is 4.79 Å². The molecule has 0 aliphatic carbocycles. The normalized spacial score (nSPS) is 11.2. The van der Waals surface area contributed by atoms with E-state index in [1.807, 2.05) is 53.4 Å². The molecule has 0 saturated carbocycles. The van der Waals surface area contributed by atoms with Gasteiger partial charge in [-0.15, -0.1) is 21.5 Å². The highest BCUT2D eigenvalue weighted by Crippen LogP contribution is 2.34. The van der Waals surface area contributed by atoms with Gasteiger partial charge in [-0.3, -0.25) is 10.1 Å². The van der Waals surface area contributed by atoms with Gasteiger partial charge in [0.2, 0.25) is 5.13 Å². The van der Waals surface area contributed by atoms with E-state index in [2.05, 4.69) is 20.5 Å². The zero-order valence-electron chi connectivity index (χ0n) is 15.6. The SMILES string of the molecule is Cc1csc(SCc2c(C(=O)Nc3nnc(-c4ccsc4)s3)oc3ccccc23)n1. The zero-order valence-corrected chi connectivity index (χ0v) is 18.9. The van der Waals surface area contributed by atoms with Gasteiger partial charge in [0.25, 0.3) is 5.91 Å². The zero-order chi connectivity index (χ0) is 20.5. The fraction of sp³-hybridized carbons (Fsp3) is 0.100. The molecule has 5 aromatic rings. The Labute approximate surface area is 188 Å². The van der Waals surface area contributed by atoms with Crippen molar-refractivity contribution in [3.8, 4) is 10.6 Å². The van der Waals surface area contributed by atoms with Crippen LogP contribution in [-0.2, 0) is 5.75 Å². The number of hydrogen-bond donors (Lipinski definition) is 1. The fourth-order valence-electron chi connectivity index (χ4n) is 2.89. The molecule has 0 fully saturated rings. The molecule has 10 heteroatoms. The number of thiazole rings is 1. The molecule has 0 unspecified atom stereocenters. The van der Waals surface area contributed by atoms with E-state index < -0.39 is 0 Å². The van der Waals surface area contributed by atoms with Crippen molar-refractivity contribution in [1.82, 2.24) is 15.2 Å². The van der Waals surface area contributed by atoms with E-state index in [1.165, 1.54) is 11.3 Å². The number of fused-ring (bicyclic) bond motifs is 1. The lowest BCUT2D eigenvalue weighted by Crippen LogP contribution is -2.12. The summed E-state index contributed by atoms with van der Waals surface area (Å²) in [5.41, 5.74) is 3.53. The van der Waals surface area contributed by atoms with Crippen molar-refractivity contribution in [2.45, 2.75) is 17.0 Å². The molecular weight excluding hydrogens is 457 g/mol. The van der Waals surface area contributed by atoms with Crippen molar-refractivity contribution >= 4 is 67.8 Å². The van der Waals surface area contributed by atoms with Gasteiger partial charge in [-0.05, 0) is 24.4 Å². The highest BCUT2D eigenvalue weighted by atomic mass is 32.2. The number of nitrogens with zero attached hydrogens (tertiary/aromatic N) is 3. The number of rotatable bonds is 6. The van der Waals surface area contributed by atoms with Gasteiger partial charge in [-0.25, -0.2) is 4.98 Å². The van der Waals surface area contributed by atoms with Crippen molar-refractivity contribution in [2.75, 3.05) is 5.32 Å². The van der Waals surface area contributed by atoms with Crippen molar-refractivity contribution < 1.29 is 9.21 Å². The molecule has 1 aromatic carbocycles. The Morgan fingerprint density at radius 3 is 2.90 bits per heavy atom. The highest BCUT2D eigenvalue weighted by molar-refractivity contribution is 8.00. The Kier molecular flexibility index (Phi) is 5.38. The lowest BCUT2D eigenvalue weighted by molar-refractivity contribution is 0.0997. The van der Waals surface area contributed by atoms with Gasteiger partial charge < -0.3 is 4.42 Å². The van der Waals surface area contributed by atoms with Crippen molar-refractivity contribution in [2.24, 2.45) is 0 Å². The number of thioether (sulfide) groups is 1. The Bertz CT molecular complexity index is 1320. The third kappa shape index (κ3) is 3.91. The topological polar surface area (TPSA) is 80.9 Å². The van der Waals surface area contributed by atoms with E-state index in [4.69, 9.17) is 4.42 Å². The first-order valence-electron chi connectivity index (χ1n) is 8.90. The quantitative estimate of drug-likeness (QED) is 0.292. The molecule has 0 saturated heterocycles. The summed E-state index contributed by atoms with van der Waals surface area (Å²) >= 11 is 6.13.